The lowest BCUT2D eigenvalue weighted by molar-refractivity contribution is -0.149. The van der Waals surface area contributed by atoms with E-state index in [1.54, 1.807) is 0 Å². The molecule has 2 heterocycles. The molecule has 4 nitrogen and oxygen atoms in total. The highest BCUT2D eigenvalue weighted by atomic mass is 16.6. The number of cyclic esters (lactones) is 2. The number of allylic oxidation sites excluding steroid dienone is 2. The third kappa shape index (κ3) is 2.14. The number of carbonyl (C=O) groups excluding carboxylic acids is 2. The van der Waals surface area contributed by atoms with E-state index in [1.807, 2.05) is 27.7 Å². The summed E-state index contributed by atoms with van der Waals surface area (Å²) in [5.74, 6) is 0.666. The van der Waals surface area contributed by atoms with Crippen LogP contribution < -0.4 is 0 Å². The molecule has 1 aromatic rings. The summed E-state index contributed by atoms with van der Waals surface area (Å²) >= 11 is 0. The average molecular weight is 300 g/mol. The number of fused-ring (bicyclic) bond motifs is 1. The van der Waals surface area contributed by atoms with Crippen LogP contribution in [0.3, 0.4) is 0 Å². The van der Waals surface area contributed by atoms with Gasteiger partial charge in [0.1, 0.15) is 11.5 Å². The predicted octanol–water partition coefficient (Wildman–Crippen LogP) is 3.80. The summed E-state index contributed by atoms with van der Waals surface area (Å²) in [5.41, 5.74) is 4.76. The van der Waals surface area contributed by atoms with Gasteiger partial charge in [-0.3, -0.25) is 0 Å². The van der Waals surface area contributed by atoms with Crippen LogP contribution in [-0.4, -0.2) is 11.9 Å². The van der Waals surface area contributed by atoms with Crippen LogP contribution in [0.25, 0.3) is 5.57 Å². The molecule has 0 aromatic carbocycles. The zero-order valence-electron chi connectivity index (χ0n) is 13.5. The maximum absolute atomic E-state index is 12.3. The minimum Gasteiger partial charge on any atom is -0.466 e. The molecule has 1 aliphatic carbocycles. The monoisotopic (exact) mass is 300 g/mol. The van der Waals surface area contributed by atoms with Crippen molar-refractivity contribution in [3.63, 3.8) is 0 Å². The normalized spacial score (nSPS) is 21.7. The quantitative estimate of drug-likeness (QED) is 0.316. The molecule has 0 unspecified atom stereocenters. The van der Waals surface area contributed by atoms with E-state index in [4.69, 9.17) is 9.15 Å². The third-order valence-electron chi connectivity index (χ3n) is 4.44. The van der Waals surface area contributed by atoms with Crippen LogP contribution >= 0.6 is 0 Å². The Kier molecular flexibility index (Phi) is 3.55. The number of hydrogen-bond donors (Lipinski definition) is 0. The van der Waals surface area contributed by atoms with Crippen LogP contribution in [0.1, 0.15) is 55.8 Å². The summed E-state index contributed by atoms with van der Waals surface area (Å²) in [6, 6.07) is 0. The van der Waals surface area contributed by atoms with Crippen LogP contribution in [-0.2, 0) is 20.7 Å². The predicted molar refractivity (Wildman–Crippen MR) is 82.1 cm³/mol. The smallest absolute Gasteiger partial charge is 0.347 e. The van der Waals surface area contributed by atoms with Gasteiger partial charge in [-0.25, -0.2) is 9.59 Å². The van der Waals surface area contributed by atoms with Gasteiger partial charge in [-0.1, -0.05) is 5.57 Å². The van der Waals surface area contributed by atoms with E-state index in [0.29, 0.717) is 11.1 Å². The van der Waals surface area contributed by atoms with Gasteiger partial charge in [-0.05, 0) is 59.0 Å². The molecule has 0 spiro atoms. The van der Waals surface area contributed by atoms with Crippen LogP contribution in [0.5, 0.6) is 0 Å². The van der Waals surface area contributed by atoms with Crippen molar-refractivity contribution in [1.82, 2.24) is 0 Å². The fraction of sp³-hybridized carbons (Fsp3) is 0.444. The number of esters is 2. The first-order valence-corrected chi connectivity index (χ1v) is 7.68. The number of furan rings is 1. The molecule has 0 radical (unpaired) electrons. The van der Waals surface area contributed by atoms with Gasteiger partial charge >= 0.3 is 11.9 Å². The van der Waals surface area contributed by atoms with Gasteiger partial charge in [0.15, 0.2) is 0 Å². The molecule has 0 atom stereocenters. The first kappa shape index (κ1) is 14.8. The molecule has 2 aliphatic rings. The van der Waals surface area contributed by atoms with Crippen LogP contribution in [0, 0.1) is 13.8 Å². The standard InChI is InChI=1S/C18H20O4/c1-9(2)14-16(18(20)22-17(14)19)13-8-6-5-7-12-10(3)21-11(4)15(12)13/h5-8H2,1-4H3/b16-13-. The second kappa shape index (κ2) is 5.27. The lowest BCUT2D eigenvalue weighted by Crippen LogP contribution is -2.02. The van der Waals surface area contributed by atoms with Crippen LogP contribution in [0.4, 0.5) is 0 Å². The molecule has 4 heteroatoms. The van der Waals surface area contributed by atoms with Gasteiger partial charge in [0.25, 0.3) is 0 Å². The maximum Gasteiger partial charge on any atom is 0.347 e. The molecule has 1 aromatic heterocycles. The SMILES string of the molecule is CC(C)=C1C(=O)OC(=O)/C1=C1/CCCCc2c(C)oc(C)c21. The fourth-order valence-electron chi connectivity index (χ4n) is 3.52. The second-order valence-electron chi connectivity index (χ2n) is 6.18. The van der Waals surface area contributed by atoms with E-state index in [1.165, 1.54) is 0 Å². The van der Waals surface area contributed by atoms with Crippen molar-refractivity contribution in [1.29, 1.82) is 0 Å². The van der Waals surface area contributed by atoms with Gasteiger partial charge in [-0.15, -0.1) is 0 Å². The number of hydrogen-bond acceptors (Lipinski definition) is 4. The van der Waals surface area contributed by atoms with E-state index in [-0.39, 0.29) is 0 Å². The zero-order valence-corrected chi connectivity index (χ0v) is 13.5. The Morgan fingerprint density at radius 2 is 1.64 bits per heavy atom. The Morgan fingerprint density at radius 3 is 2.32 bits per heavy atom. The van der Waals surface area contributed by atoms with Crippen molar-refractivity contribution in [2.75, 3.05) is 0 Å². The van der Waals surface area contributed by atoms with Crippen molar-refractivity contribution in [2.45, 2.75) is 53.4 Å². The molecule has 116 valence electrons. The molecule has 0 bridgehead atoms. The fourth-order valence-corrected chi connectivity index (χ4v) is 3.52. The summed E-state index contributed by atoms with van der Waals surface area (Å²) in [7, 11) is 0. The largest absolute Gasteiger partial charge is 0.466 e. The van der Waals surface area contributed by atoms with E-state index < -0.39 is 11.9 Å². The Morgan fingerprint density at radius 1 is 0.955 bits per heavy atom. The topological polar surface area (TPSA) is 56.5 Å². The van der Waals surface area contributed by atoms with Gasteiger partial charge in [0, 0.05) is 11.1 Å². The van der Waals surface area contributed by atoms with Crippen molar-refractivity contribution in [2.24, 2.45) is 0 Å². The maximum atomic E-state index is 12.3. The molecule has 0 amide bonds. The molecular weight excluding hydrogens is 280 g/mol. The van der Waals surface area contributed by atoms with Gasteiger partial charge in [0.2, 0.25) is 0 Å². The molecule has 3 rings (SSSR count). The highest BCUT2D eigenvalue weighted by Gasteiger charge is 2.38. The Hall–Kier alpha value is -2.10. The van der Waals surface area contributed by atoms with Crippen LogP contribution in [0.2, 0.25) is 0 Å². The number of rotatable bonds is 0. The molecule has 0 N–H and O–H groups in total. The number of ether oxygens (including phenoxy) is 1. The van der Waals surface area contributed by atoms with E-state index in [2.05, 4.69) is 0 Å². The first-order chi connectivity index (χ1) is 10.4. The molecular formula is C18H20O4. The van der Waals surface area contributed by atoms with Gasteiger partial charge < -0.3 is 9.15 Å². The molecule has 1 aliphatic heterocycles. The highest BCUT2D eigenvalue weighted by molar-refractivity contribution is 6.22. The zero-order chi connectivity index (χ0) is 16.0. The lowest BCUT2D eigenvalue weighted by atomic mass is 9.90. The van der Waals surface area contributed by atoms with E-state index in [0.717, 1.165) is 59.5 Å². The van der Waals surface area contributed by atoms with Crippen molar-refractivity contribution < 1.29 is 18.7 Å². The summed E-state index contributed by atoms with van der Waals surface area (Å²) < 4.78 is 10.7. The van der Waals surface area contributed by atoms with E-state index >= 15 is 0 Å². The summed E-state index contributed by atoms with van der Waals surface area (Å²) in [4.78, 5) is 24.3. The van der Waals surface area contributed by atoms with E-state index in [9.17, 15) is 9.59 Å². The van der Waals surface area contributed by atoms with Gasteiger partial charge in [0.05, 0.1) is 11.1 Å². The molecule has 1 fully saturated rings. The van der Waals surface area contributed by atoms with Crippen molar-refractivity contribution in [3.8, 4) is 0 Å². The lowest BCUT2D eigenvalue weighted by Gasteiger charge is -2.09. The minimum atomic E-state index is -0.531. The van der Waals surface area contributed by atoms with Crippen molar-refractivity contribution >= 4 is 17.5 Å². The number of aryl methyl sites for hydroxylation is 2. The third-order valence-corrected chi connectivity index (χ3v) is 4.44. The summed E-state index contributed by atoms with van der Waals surface area (Å²) in [6.45, 7) is 7.54. The van der Waals surface area contributed by atoms with Gasteiger partial charge in [-0.2, -0.15) is 0 Å². The first-order valence-electron chi connectivity index (χ1n) is 7.68. The summed E-state index contributed by atoms with van der Waals surface area (Å²) in [5, 5.41) is 0. The summed E-state index contributed by atoms with van der Waals surface area (Å²) in [6.07, 6.45) is 3.75. The van der Waals surface area contributed by atoms with Crippen molar-refractivity contribution in [3.05, 3.63) is 39.4 Å². The van der Waals surface area contributed by atoms with Crippen LogP contribution in [0.15, 0.2) is 21.1 Å². The Bertz CT molecular complexity index is 739. The average Bonchev–Trinajstić information content (AvgIpc) is 2.78. The molecule has 1 saturated heterocycles. The second-order valence-corrected chi connectivity index (χ2v) is 6.18. The number of carbonyl (C=O) groups is 2. The molecule has 22 heavy (non-hydrogen) atoms. The molecule has 0 saturated carbocycles. The minimum absolute atomic E-state index is 0.422. The highest BCUT2D eigenvalue weighted by Crippen LogP contribution is 2.41. The Labute approximate surface area is 129 Å². The Balaban J connectivity index is 2.33.